The van der Waals surface area contributed by atoms with Crippen molar-refractivity contribution in [3.63, 3.8) is 0 Å². The number of aliphatic hydroxyl groups is 4. The van der Waals surface area contributed by atoms with Crippen LogP contribution in [0.25, 0.3) is 0 Å². The molecule has 0 aromatic heterocycles. The maximum Gasteiger partial charge on any atom is 0.311 e. The molecule has 1 unspecified atom stereocenters. The van der Waals surface area contributed by atoms with E-state index in [0.29, 0.717) is 19.3 Å². The molecule has 0 saturated carbocycles. The molecule has 0 amide bonds. The molecule has 0 fully saturated rings. The molecule has 0 aromatic rings. The quantitative estimate of drug-likeness (QED) is 0.303. The Morgan fingerprint density at radius 2 is 1.94 bits per heavy atom. The highest BCUT2D eigenvalue weighted by molar-refractivity contribution is 5.73. The fourth-order valence-corrected chi connectivity index (χ4v) is 4.63. The lowest BCUT2D eigenvalue weighted by molar-refractivity contribution is -0.162. The highest BCUT2D eigenvalue weighted by atomic mass is 16.5. The van der Waals surface area contributed by atoms with Gasteiger partial charge in [0, 0.05) is 5.92 Å². The van der Waals surface area contributed by atoms with Crippen molar-refractivity contribution in [3.05, 3.63) is 23.8 Å². The topological polar surface area (TPSA) is 145 Å². The molecule has 0 heterocycles. The summed E-state index contributed by atoms with van der Waals surface area (Å²) >= 11 is 0. The van der Waals surface area contributed by atoms with Gasteiger partial charge in [0.05, 0.1) is 37.3 Å². The molecule has 31 heavy (non-hydrogen) atoms. The molecule has 8 nitrogen and oxygen atoms in total. The van der Waals surface area contributed by atoms with Gasteiger partial charge in [0.1, 0.15) is 6.10 Å². The number of carboxylic acid groups (broad SMARTS) is 1. The summed E-state index contributed by atoms with van der Waals surface area (Å²) in [6.07, 6.45) is 4.98. The van der Waals surface area contributed by atoms with Gasteiger partial charge < -0.3 is 30.3 Å². The molecule has 2 rings (SSSR count). The van der Waals surface area contributed by atoms with E-state index in [1.165, 1.54) is 6.92 Å². The fourth-order valence-electron chi connectivity index (χ4n) is 4.63. The van der Waals surface area contributed by atoms with Crippen LogP contribution in [0, 0.1) is 23.7 Å². The van der Waals surface area contributed by atoms with Crippen LogP contribution in [0.3, 0.4) is 0 Å². The number of rotatable bonds is 11. The first-order valence-electron chi connectivity index (χ1n) is 11.1. The Balaban J connectivity index is 2.05. The van der Waals surface area contributed by atoms with Gasteiger partial charge in [-0.2, -0.15) is 0 Å². The summed E-state index contributed by atoms with van der Waals surface area (Å²) in [6.45, 7) is 3.10. The summed E-state index contributed by atoms with van der Waals surface area (Å²) in [5, 5.41) is 47.7. The molecule has 0 aromatic carbocycles. The number of ether oxygens (including phenoxy) is 1. The van der Waals surface area contributed by atoms with Crippen molar-refractivity contribution in [1.29, 1.82) is 0 Å². The van der Waals surface area contributed by atoms with Gasteiger partial charge in [0.2, 0.25) is 0 Å². The predicted octanol–water partition coefficient (Wildman–Crippen LogP) is 1.41. The van der Waals surface area contributed by atoms with Gasteiger partial charge in [-0.25, -0.2) is 0 Å². The molecule has 176 valence electrons. The number of aliphatic carboxylic acids is 1. The SMILES string of the molecule is C[C@H](C(=O)O[C@H]1CCC=C2C=C[C@H](C)[C@H](CC[C@@H](O)C[C@@H](O)CC(=O)O)[C@H]21)C(O)CO. The number of hydrogen-bond donors (Lipinski definition) is 5. The molecule has 0 aliphatic heterocycles. The smallest absolute Gasteiger partial charge is 0.311 e. The molecular formula is C23H36O8. The number of carbonyl (C=O) groups excluding carboxylic acids is 1. The Morgan fingerprint density at radius 1 is 1.23 bits per heavy atom. The van der Waals surface area contributed by atoms with Crippen molar-refractivity contribution >= 4 is 11.9 Å². The zero-order valence-corrected chi connectivity index (χ0v) is 18.3. The van der Waals surface area contributed by atoms with E-state index in [4.69, 9.17) is 14.9 Å². The Hall–Kier alpha value is -1.74. The lowest BCUT2D eigenvalue weighted by Gasteiger charge is -2.42. The Bertz CT molecular complexity index is 672. The highest BCUT2D eigenvalue weighted by Crippen LogP contribution is 2.44. The van der Waals surface area contributed by atoms with Crippen LogP contribution in [0.5, 0.6) is 0 Å². The Kier molecular flexibility index (Phi) is 9.68. The lowest BCUT2D eigenvalue weighted by Crippen LogP contribution is -2.41. The third-order valence-corrected chi connectivity index (χ3v) is 6.54. The van der Waals surface area contributed by atoms with Crippen molar-refractivity contribution in [2.24, 2.45) is 23.7 Å². The fraction of sp³-hybridized carbons (Fsp3) is 0.739. The van der Waals surface area contributed by atoms with E-state index < -0.39 is 49.2 Å². The average Bonchev–Trinajstić information content (AvgIpc) is 2.71. The number of hydrogen-bond acceptors (Lipinski definition) is 7. The molecule has 2 aliphatic rings. The maximum atomic E-state index is 12.5. The number of aliphatic hydroxyl groups excluding tert-OH is 4. The van der Waals surface area contributed by atoms with Crippen LogP contribution in [0.15, 0.2) is 23.8 Å². The largest absolute Gasteiger partial charge is 0.481 e. The average molecular weight is 441 g/mol. The van der Waals surface area contributed by atoms with E-state index >= 15 is 0 Å². The van der Waals surface area contributed by atoms with E-state index in [1.807, 2.05) is 0 Å². The summed E-state index contributed by atoms with van der Waals surface area (Å²) < 4.78 is 5.79. The number of carboxylic acids is 1. The first-order chi connectivity index (χ1) is 14.6. The summed E-state index contributed by atoms with van der Waals surface area (Å²) in [5.41, 5.74) is 1.10. The molecule has 2 aliphatic carbocycles. The van der Waals surface area contributed by atoms with Gasteiger partial charge in [-0.05, 0) is 56.4 Å². The van der Waals surface area contributed by atoms with Crippen LogP contribution >= 0.6 is 0 Å². The molecule has 8 atom stereocenters. The van der Waals surface area contributed by atoms with Gasteiger partial charge >= 0.3 is 11.9 Å². The lowest BCUT2D eigenvalue weighted by atomic mass is 9.66. The number of fused-ring (bicyclic) bond motifs is 1. The minimum atomic E-state index is -1.17. The summed E-state index contributed by atoms with van der Waals surface area (Å²) in [7, 11) is 0. The van der Waals surface area contributed by atoms with Crippen molar-refractivity contribution in [2.75, 3.05) is 6.61 Å². The molecule has 0 spiro atoms. The van der Waals surface area contributed by atoms with Crippen molar-refractivity contribution < 1.29 is 39.9 Å². The van der Waals surface area contributed by atoms with E-state index in [0.717, 1.165) is 12.0 Å². The zero-order chi connectivity index (χ0) is 23.1. The van der Waals surface area contributed by atoms with Crippen LogP contribution in [-0.4, -0.2) is 68.5 Å². The van der Waals surface area contributed by atoms with E-state index in [2.05, 4.69) is 25.2 Å². The monoisotopic (exact) mass is 440 g/mol. The maximum absolute atomic E-state index is 12.5. The zero-order valence-electron chi connectivity index (χ0n) is 18.3. The first kappa shape index (κ1) is 25.5. The van der Waals surface area contributed by atoms with Crippen molar-refractivity contribution in [2.45, 2.75) is 76.8 Å². The van der Waals surface area contributed by atoms with Gasteiger partial charge in [0.25, 0.3) is 0 Å². The van der Waals surface area contributed by atoms with Gasteiger partial charge in [-0.15, -0.1) is 0 Å². The summed E-state index contributed by atoms with van der Waals surface area (Å²) in [4.78, 5) is 23.2. The third-order valence-electron chi connectivity index (χ3n) is 6.54. The molecule has 0 radical (unpaired) electrons. The number of carbonyl (C=O) groups is 2. The second kappa shape index (κ2) is 11.8. The molecule has 0 bridgehead atoms. The number of allylic oxidation sites excluding steroid dienone is 3. The minimum Gasteiger partial charge on any atom is -0.481 e. The van der Waals surface area contributed by atoms with Gasteiger partial charge in [0.15, 0.2) is 0 Å². The summed E-state index contributed by atoms with van der Waals surface area (Å²) in [5.74, 6) is -2.20. The molecule has 0 saturated heterocycles. The normalized spacial score (nSPS) is 29.3. The summed E-state index contributed by atoms with van der Waals surface area (Å²) in [6, 6.07) is 0. The standard InChI is InChI=1S/C23H36O8/c1-13-6-7-15-4-3-5-20(31-23(30)14(2)19(27)12-24)22(15)18(13)9-8-16(25)10-17(26)11-21(28)29/h4,6-7,13-14,16-20,22,24-27H,3,5,8-12H2,1-2H3,(H,28,29)/t13-,14-,16+,17+,18-,19?,20-,22-/m0/s1. The Morgan fingerprint density at radius 3 is 2.58 bits per heavy atom. The van der Waals surface area contributed by atoms with E-state index in [1.54, 1.807) is 0 Å². The molecular weight excluding hydrogens is 404 g/mol. The van der Waals surface area contributed by atoms with Crippen molar-refractivity contribution in [3.8, 4) is 0 Å². The van der Waals surface area contributed by atoms with Crippen LogP contribution < -0.4 is 0 Å². The van der Waals surface area contributed by atoms with Crippen LogP contribution in [0.4, 0.5) is 0 Å². The second-order valence-corrected chi connectivity index (χ2v) is 8.92. The van der Waals surface area contributed by atoms with Crippen LogP contribution in [-0.2, 0) is 14.3 Å². The minimum absolute atomic E-state index is 0.00554. The Labute approximate surface area is 183 Å². The third kappa shape index (κ3) is 7.14. The van der Waals surface area contributed by atoms with E-state index in [-0.39, 0.29) is 30.3 Å². The predicted molar refractivity (Wildman–Crippen MR) is 113 cm³/mol. The van der Waals surface area contributed by atoms with Gasteiger partial charge in [-0.1, -0.05) is 25.2 Å². The van der Waals surface area contributed by atoms with Gasteiger partial charge in [-0.3, -0.25) is 9.59 Å². The molecule has 5 N–H and O–H groups in total. The van der Waals surface area contributed by atoms with Crippen LogP contribution in [0.1, 0.15) is 52.4 Å². The van der Waals surface area contributed by atoms with E-state index in [9.17, 15) is 24.9 Å². The molecule has 8 heteroatoms. The second-order valence-electron chi connectivity index (χ2n) is 8.92. The highest BCUT2D eigenvalue weighted by Gasteiger charge is 2.40. The first-order valence-corrected chi connectivity index (χ1v) is 11.1. The van der Waals surface area contributed by atoms with Crippen LogP contribution in [0.2, 0.25) is 0 Å². The van der Waals surface area contributed by atoms with Crippen molar-refractivity contribution in [1.82, 2.24) is 0 Å². The number of esters is 1.